The van der Waals surface area contributed by atoms with E-state index >= 15 is 0 Å². The molecule has 2 fully saturated rings. The number of nitrogens with zero attached hydrogens (tertiary/aromatic N) is 3. The van der Waals surface area contributed by atoms with Crippen molar-refractivity contribution >= 4 is 22.7 Å². The number of likely N-dealkylation sites (tertiary alicyclic amines) is 1. The first kappa shape index (κ1) is 23.3. The molecule has 1 saturated heterocycles. The number of carbonyl (C=O) groups is 2. The molecular formula is C29H36N4O3. The van der Waals surface area contributed by atoms with Crippen LogP contribution in [0.4, 0.5) is 0 Å². The first-order valence-electron chi connectivity index (χ1n) is 13.5. The van der Waals surface area contributed by atoms with Gasteiger partial charge in [-0.1, -0.05) is 19.8 Å². The van der Waals surface area contributed by atoms with Crippen molar-refractivity contribution in [3.63, 3.8) is 0 Å². The van der Waals surface area contributed by atoms with E-state index in [0.717, 1.165) is 56.5 Å². The minimum Gasteiger partial charge on any atom is -0.454 e. The van der Waals surface area contributed by atoms with Crippen molar-refractivity contribution in [3.8, 4) is 0 Å². The van der Waals surface area contributed by atoms with Crippen molar-refractivity contribution in [1.29, 1.82) is 0 Å². The van der Waals surface area contributed by atoms with E-state index in [-0.39, 0.29) is 11.7 Å². The fourth-order valence-corrected chi connectivity index (χ4v) is 6.51. The van der Waals surface area contributed by atoms with Gasteiger partial charge in [0.15, 0.2) is 5.76 Å². The Morgan fingerprint density at radius 2 is 1.81 bits per heavy atom. The van der Waals surface area contributed by atoms with Crippen molar-refractivity contribution in [2.75, 3.05) is 19.6 Å². The molecule has 0 atom stereocenters. The summed E-state index contributed by atoms with van der Waals surface area (Å²) in [6.07, 6.45) is 8.34. The van der Waals surface area contributed by atoms with Crippen molar-refractivity contribution in [2.45, 2.75) is 71.0 Å². The number of hydrogen-bond donors (Lipinski definition) is 1. The van der Waals surface area contributed by atoms with E-state index in [0.29, 0.717) is 24.3 Å². The molecule has 7 nitrogen and oxygen atoms in total. The van der Waals surface area contributed by atoms with E-state index in [1.54, 1.807) is 6.07 Å². The van der Waals surface area contributed by atoms with Crippen LogP contribution < -0.4 is 5.73 Å². The lowest BCUT2D eigenvalue weighted by Crippen LogP contribution is -2.38. The average Bonchev–Trinajstić information content (AvgIpc) is 3.64. The molecule has 1 aromatic carbocycles. The van der Waals surface area contributed by atoms with E-state index in [4.69, 9.17) is 10.2 Å². The number of nitrogens with two attached hydrogens (primary N) is 1. The molecule has 0 unspecified atom stereocenters. The molecule has 2 N–H and O–H groups in total. The van der Waals surface area contributed by atoms with Crippen LogP contribution in [0.2, 0.25) is 0 Å². The molecule has 190 valence electrons. The molecule has 6 rings (SSSR count). The molecule has 0 spiro atoms. The first-order chi connectivity index (χ1) is 17.5. The van der Waals surface area contributed by atoms with Crippen molar-refractivity contribution in [3.05, 3.63) is 58.7 Å². The summed E-state index contributed by atoms with van der Waals surface area (Å²) in [6.45, 7) is 6.47. The van der Waals surface area contributed by atoms with Crippen molar-refractivity contribution in [2.24, 2.45) is 11.7 Å². The fourth-order valence-electron chi connectivity index (χ4n) is 6.51. The largest absolute Gasteiger partial charge is 0.454 e. The highest BCUT2D eigenvalue weighted by molar-refractivity contribution is 5.99. The first-order valence-corrected chi connectivity index (χ1v) is 13.5. The number of piperidine rings is 1. The summed E-state index contributed by atoms with van der Waals surface area (Å²) in [6, 6.07) is 10.4. The van der Waals surface area contributed by atoms with Crippen LogP contribution in [0.1, 0.15) is 83.4 Å². The van der Waals surface area contributed by atoms with Gasteiger partial charge in [-0.2, -0.15) is 0 Å². The Balaban J connectivity index is 1.38. The minimum absolute atomic E-state index is 0.144. The Bertz CT molecular complexity index is 1290. The molecule has 4 heterocycles. The molecule has 2 amide bonds. The zero-order valence-corrected chi connectivity index (χ0v) is 21.2. The molecule has 1 saturated carbocycles. The third-order valence-electron chi connectivity index (χ3n) is 8.66. The van der Waals surface area contributed by atoms with Crippen molar-refractivity contribution in [1.82, 2.24) is 14.4 Å². The predicted octanol–water partition coefficient (Wildman–Crippen LogP) is 4.55. The summed E-state index contributed by atoms with van der Waals surface area (Å²) in [5, 5.41) is 1.17. The Labute approximate surface area is 212 Å². The number of fused-ring (bicyclic) bond motifs is 3. The van der Waals surface area contributed by atoms with Gasteiger partial charge in [0.05, 0.1) is 6.54 Å². The molecule has 2 aliphatic heterocycles. The standard InChI is InChI=1S/C29H36N4O3/c1-19-10-13-31(14-11-19)29(35)20-6-8-25-23(16-20)24-18-32(21-4-2-3-5-21)15-12-26(24)33(25)17-22-7-9-27(36-22)28(30)34/h6-9,16,19,21H,2-5,10-15,17-18H2,1H3,(H2,30,34). The number of rotatable bonds is 5. The maximum Gasteiger partial charge on any atom is 0.284 e. The van der Waals surface area contributed by atoms with E-state index in [1.165, 1.54) is 42.3 Å². The Morgan fingerprint density at radius 3 is 2.53 bits per heavy atom. The number of furan rings is 1. The third-order valence-corrected chi connectivity index (χ3v) is 8.66. The smallest absolute Gasteiger partial charge is 0.284 e. The fraction of sp³-hybridized carbons (Fsp3) is 0.517. The van der Waals surface area contributed by atoms with Gasteiger partial charge < -0.3 is 19.6 Å². The van der Waals surface area contributed by atoms with E-state index in [2.05, 4.69) is 28.5 Å². The minimum atomic E-state index is -0.553. The second-order valence-electron chi connectivity index (χ2n) is 11.0. The van der Waals surface area contributed by atoms with Crippen LogP contribution >= 0.6 is 0 Å². The van der Waals surface area contributed by atoms with Crippen LogP contribution in [-0.4, -0.2) is 51.9 Å². The number of hydrogen-bond acceptors (Lipinski definition) is 4. The van der Waals surface area contributed by atoms with Crippen LogP contribution in [0.3, 0.4) is 0 Å². The monoisotopic (exact) mass is 488 g/mol. The molecule has 2 aromatic heterocycles. The van der Waals surface area contributed by atoms with Crippen LogP contribution in [0.15, 0.2) is 34.7 Å². The van der Waals surface area contributed by atoms with Gasteiger partial charge in [0, 0.05) is 60.8 Å². The lowest BCUT2D eigenvalue weighted by Gasteiger charge is -2.33. The lowest BCUT2D eigenvalue weighted by atomic mass is 9.98. The summed E-state index contributed by atoms with van der Waals surface area (Å²) < 4.78 is 8.06. The van der Waals surface area contributed by atoms with Crippen LogP contribution in [-0.2, 0) is 19.5 Å². The maximum absolute atomic E-state index is 13.4. The second-order valence-corrected chi connectivity index (χ2v) is 11.0. The number of primary amides is 1. The number of carbonyl (C=O) groups excluding carboxylic acids is 2. The summed E-state index contributed by atoms with van der Waals surface area (Å²) in [4.78, 5) is 29.6. The van der Waals surface area contributed by atoms with Crippen LogP contribution in [0, 0.1) is 5.92 Å². The molecule has 0 radical (unpaired) electrons. The number of aromatic nitrogens is 1. The van der Waals surface area contributed by atoms with Crippen LogP contribution in [0.25, 0.3) is 10.9 Å². The Kier molecular flexibility index (Phi) is 6.12. The summed E-state index contributed by atoms with van der Waals surface area (Å²) in [5.74, 6) is 1.18. The van der Waals surface area contributed by atoms with Gasteiger partial charge in [0.1, 0.15) is 5.76 Å². The zero-order chi connectivity index (χ0) is 24.8. The van der Waals surface area contributed by atoms with Crippen LogP contribution in [0.5, 0.6) is 0 Å². The normalized spacial score (nSPS) is 19.8. The second kappa shape index (κ2) is 9.43. The summed E-state index contributed by atoms with van der Waals surface area (Å²) in [7, 11) is 0. The summed E-state index contributed by atoms with van der Waals surface area (Å²) >= 11 is 0. The molecule has 36 heavy (non-hydrogen) atoms. The molecule has 1 aliphatic carbocycles. The highest BCUT2D eigenvalue weighted by Crippen LogP contribution is 2.36. The van der Waals surface area contributed by atoms with E-state index < -0.39 is 5.91 Å². The van der Waals surface area contributed by atoms with Gasteiger partial charge in [-0.25, -0.2) is 0 Å². The van der Waals surface area contributed by atoms with Gasteiger partial charge >= 0.3 is 0 Å². The van der Waals surface area contributed by atoms with E-state index in [9.17, 15) is 9.59 Å². The number of benzene rings is 1. The van der Waals surface area contributed by atoms with E-state index in [1.807, 2.05) is 17.0 Å². The average molecular weight is 489 g/mol. The lowest BCUT2D eigenvalue weighted by molar-refractivity contribution is 0.0697. The topological polar surface area (TPSA) is 84.7 Å². The Hall–Kier alpha value is -3.06. The molecule has 7 heteroatoms. The third kappa shape index (κ3) is 4.23. The SMILES string of the molecule is CC1CCN(C(=O)c2ccc3c(c2)c2c(n3Cc3ccc(C(N)=O)o3)CCN(C3CCCC3)C2)CC1. The summed E-state index contributed by atoms with van der Waals surface area (Å²) in [5.41, 5.74) is 9.96. The van der Waals surface area contributed by atoms with Gasteiger partial charge in [0.25, 0.3) is 11.8 Å². The highest BCUT2D eigenvalue weighted by atomic mass is 16.3. The molecule has 0 bridgehead atoms. The van der Waals surface area contributed by atoms with Gasteiger partial charge in [-0.15, -0.1) is 0 Å². The number of amides is 2. The maximum atomic E-state index is 13.4. The quantitative estimate of drug-likeness (QED) is 0.571. The molecular weight excluding hydrogens is 452 g/mol. The molecule has 3 aliphatic rings. The van der Waals surface area contributed by atoms with Gasteiger partial charge in [-0.05, 0) is 67.5 Å². The Morgan fingerprint density at radius 1 is 1.03 bits per heavy atom. The predicted molar refractivity (Wildman–Crippen MR) is 139 cm³/mol. The molecule has 3 aromatic rings. The van der Waals surface area contributed by atoms with Gasteiger partial charge in [-0.3, -0.25) is 14.5 Å². The van der Waals surface area contributed by atoms with Crippen molar-refractivity contribution < 1.29 is 14.0 Å². The zero-order valence-electron chi connectivity index (χ0n) is 21.2. The highest BCUT2D eigenvalue weighted by Gasteiger charge is 2.31. The van der Waals surface area contributed by atoms with Gasteiger partial charge in [0.2, 0.25) is 0 Å².